The zero-order chi connectivity index (χ0) is 15.2. The number of aliphatic carboxylic acids is 1. The van der Waals surface area contributed by atoms with Crippen LogP contribution in [0, 0.1) is 0 Å². The summed E-state index contributed by atoms with van der Waals surface area (Å²) in [5.74, 6) is -0.717. The zero-order valence-electron chi connectivity index (χ0n) is 12.8. The predicted molar refractivity (Wildman–Crippen MR) is 88.0 cm³/mol. The Morgan fingerprint density at radius 3 is 1.80 bits per heavy atom. The average molecular weight is 325 g/mol. The van der Waals surface area contributed by atoms with Crippen molar-refractivity contribution in [3.63, 3.8) is 0 Å². The number of rotatable bonds is 14. The molecule has 0 aliphatic heterocycles. The van der Waals surface area contributed by atoms with Crippen LogP contribution in [0.15, 0.2) is 0 Å². The number of hydrogen-bond donors (Lipinski definition) is 1. The molecule has 0 rings (SSSR count). The van der Waals surface area contributed by atoms with Gasteiger partial charge in [0.1, 0.15) is 0 Å². The Morgan fingerprint density at radius 2 is 1.30 bits per heavy atom. The molecule has 0 spiro atoms. The molecular formula is C16H30Cl2O2. The second-order valence-electron chi connectivity index (χ2n) is 5.58. The van der Waals surface area contributed by atoms with Gasteiger partial charge in [0.25, 0.3) is 0 Å². The average Bonchev–Trinajstić information content (AvgIpc) is 2.41. The van der Waals surface area contributed by atoms with Crippen molar-refractivity contribution in [3.05, 3.63) is 0 Å². The third-order valence-electron chi connectivity index (χ3n) is 3.60. The summed E-state index contributed by atoms with van der Waals surface area (Å²) < 4.78 is 0. The number of hydrogen-bond acceptors (Lipinski definition) is 1. The molecule has 0 saturated heterocycles. The molecule has 0 amide bonds. The summed E-state index contributed by atoms with van der Waals surface area (Å²) in [6, 6.07) is 0. The minimum Gasteiger partial charge on any atom is -0.481 e. The van der Waals surface area contributed by atoms with Gasteiger partial charge in [0.2, 0.25) is 0 Å². The summed E-state index contributed by atoms with van der Waals surface area (Å²) in [5, 5.41) is 8.62. The Bertz CT molecular complexity index is 235. The summed E-state index contributed by atoms with van der Waals surface area (Å²) in [5.41, 5.74) is 0. The van der Waals surface area contributed by atoms with Gasteiger partial charge in [-0.1, -0.05) is 58.3 Å². The molecule has 0 fully saturated rings. The van der Waals surface area contributed by atoms with Crippen LogP contribution in [-0.4, -0.2) is 21.8 Å². The smallest absolute Gasteiger partial charge is 0.303 e. The van der Waals surface area contributed by atoms with E-state index in [1.807, 2.05) is 0 Å². The number of carboxylic acid groups (broad SMARTS) is 1. The molecule has 0 aromatic heterocycles. The first-order chi connectivity index (χ1) is 9.57. The molecule has 120 valence electrons. The molecule has 0 saturated carbocycles. The maximum absolute atomic E-state index is 10.4. The highest BCUT2D eigenvalue weighted by Gasteiger charge is 2.15. The normalized spacial score (nSPS) is 14.2. The fourth-order valence-electron chi connectivity index (χ4n) is 2.27. The molecule has 1 N–H and O–H groups in total. The highest BCUT2D eigenvalue weighted by Crippen LogP contribution is 2.22. The second kappa shape index (κ2) is 14.0. The standard InChI is InChI=1S/C16H30Cl2O2/c1-2-3-4-5-6-8-11-14(17)15(18)12-9-7-10-13-16(19)20/h14-15H,2-13H2,1H3,(H,19,20). The van der Waals surface area contributed by atoms with E-state index in [1.165, 1.54) is 38.5 Å². The van der Waals surface area contributed by atoms with Crippen LogP contribution in [-0.2, 0) is 4.79 Å². The van der Waals surface area contributed by atoms with E-state index in [9.17, 15) is 4.79 Å². The van der Waals surface area contributed by atoms with Gasteiger partial charge in [-0.3, -0.25) is 4.79 Å². The molecule has 0 aliphatic rings. The van der Waals surface area contributed by atoms with E-state index >= 15 is 0 Å². The molecular weight excluding hydrogens is 295 g/mol. The van der Waals surface area contributed by atoms with E-state index < -0.39 is 5.97 Å². The molecule has 0 radical (unpaired) electrons. The molecule has 0 aromatic rings. The third-order valence-corrected chi connectivity index (χ3v) is 4.77. The SMILES string of the molecule is CCCCCCCCC(Cl)C(Cl)CCCCCC(=O)O. The van der Waals surface area contributed by atoms with Crippen molar-refractivity contribution in [1.29, 1.82) is 0 Å². The van der Waals surface area contributed by atoms with Crippen LogP contribution in [0.5, 0.6) is 0 Å². The number of alkyl halides is 2. The lowest BCUT2D eigenvalue weighted by Gasteiger charge is -2.15. The fourth-order valence-corrected chi connectivity index (χ4v) is 2.83. The van der Waals surface area contributed by atoms with E-state index in [0.717, 1.165) is 32.1 Å². The molecule has 0 aromatic carbocycles. The van der Waals surface area contributed by atoms with Gasteiger partial charge in [0.15, 0.2) is 0 Å². The van der Waals surface area contributed by atoms with Crippen LogP contribution in [0.4, 0.5) is 0 Å². The zero-order valence-corrected chi connectivity index (χ0v) is 14.3. The summed E-state index contributed by atoms with van der Waals surface area (Å²) in [6.07, 6.45) is 12.5. The van der Waals surface area contributed by atoms with Crippen molar-refractivity contribution >= 4 is 29.2 Å². The van der Waals surface area contributed by atoms with Crippen molar-refractivity contribution in [1.82, 2.24) is 0 Å². The third kappa shape index (κ3) is 13.1. The lowest BCUT2D eigenvalue weighted by Crippen LogP contribution is -2.14. The topological polar surface area (TPSA) is 37.3 Å². The predicted octanol–water partition coefficient (Wildman–Crippen LogP) is 5.99. The van der Waals surface area contributed by atoms with Gasteiger partial charge in [0.05, 0.1) is 0 Å². The maximum atomic E-state index is 10.4. The monoisotopic (exact) mass is 324 g/mol. The second-order valence-corrected chi connectivity index (χ2v) is 6.70. The number of halogens is 2. The largest absolute Gasteiger partial charge is 0.481 e. The molecule has 4 heteroatoms. The van der Waals surface area contributed by atoms with Crippen molar-refractivity contribution in [2.75, 3.05) is 0 Å². The Hall–Kier alpha value is 0.0500. The van der Waals surface area contributed by atoms with Crippen LogP contribution in [0.25, 0.3) is 0 Å². The van der Waals surface area contributed by atoms with E-state index in [1.54, 1.807) is 0 Å². The Kier molecular flexibility index (Phi) is 14.0. The van der Waals surface area contributed by atoms with Crippen LogP contribution in [0.2, 0.25) is 0 Å². The van der Waals surface area contributed by atoms with Crippen LogP contribution < -0.4 is 0 Å². The van der Waals surface area contributed by atoms with E-state index in [2.05, 4.69) is 6.92 Å². The van der Waals surface area contributed by atoms with Gasteiger partial charge in [0, 0.05) is 17.2 Å². The van der Waals surface area contributed by atoms with Crippen molar-refractivity contribution in [3.8, 4) is 0 Å². The van der Waals surface area contributed by atoms with Gasteiger partial charge in [-0.05, 0) is 19.3 Å². The first-order valence-corrected chi connectivity index (χ1v) is 8.95. The Labute approximate surface area is 134 Å². The summed E-state index contributed by atoms with van der Waals surface area (Å²) in [7, 11) is 0. The lowest BCUT2D eigenvalue weighted by atomic mass is 10.0. The van der Waals surface area contributed by atoms with Crippen molar-refractivity contribution in [2.45, 2.75) is 94.7 Å². The summed E-state index contributed by atoms with van der Waals surface area (Å²) >= 11 is 12.6. The lowest BCUT2D eigenvalue weighted by molar-refractivity contribution is -0.137. The van der Waals surface area contributed by atoms with Crippen LogP contribution >= 0.6 is 23.2 Å². The van der Waals surface area contributed by atoms with Gasteiger partial charge < -0.3 is 5.11 Å². The summed E-state index contributed by atoms with van der Waals surface area (Å²) in [4.78, 5) is 10.4. The van der Waals surface area contributed by atoms with E-state index in [4.69, 9.17) is 28.3 Å². The minimum absolute atomic E-state index is 0.0251. The van der Waals surface area contributed by atoms with E-state index in [0.29, 0.717) is 0 Å². The van der Waals surface area contributed by atoms with E-state index in [-0.39, 0.29) is 17.2 Å². The number of carbonyl (C=O) groups is 1. The fraction of sp³-hybridized carbons (Fsp3) is 0.938. The first-order valence-electron chi connectivity index (χ1n) is 8.07. The quantitative estimate of drug-likeness (QED) is 0.315. The van der Waals surface area contributed by atoms with Gasteiger partial charge >= 0.3 is 5.97 Å². The first kappa shape index (κ1) is 20.1. The molecule has 0 bridgehead atoms. The molecule has 0 aliphatic carbocycles. The Morgan fingerprint density at radius 1 is 0.850 bits per heavy atom. The molecule has 2 unspecified atom stereocenters. The highest BCUT2D eigenvalue weighted by atomic mass is 35.5. The van der Waals surface area contributed by atoms with Gasteiger partial charge in [-0.25, -0.2) is 0 Å². The number of carboxylic acids is 1. The molecule has 2 atom stereocenters. The number of unbranched alkanes of at least 4 members (excludes halogenated alkanes) is 7. The van der Waals surface area contributed by atoms with Crippen molar-refractivity contribution in [2.24, 2.45) is 0 Å². The van der Waals surface area contributed by atoms with Crippen LogP contribution in [0.1, 0.15) is 84.0 Å². The summed E-state index contributed by atoms with van der Waals surface area (Å²) in [6.45, 7) is 2.23. The minimum atomic E-state index is -0.717. The van der Waals surface area contributed by atoms with Gasteiger partial charge in [-0.2, -0.15) is 0 Å². The van der Waals surface area contributed by atoms with Gasteiger partial charge in [-0.15, -0.1) is 23.2 Å². The van der Waals surface area contributed by atoms with Crippen LogP contribution in [0.3, 0.4) is 0 Å². The molecule has 20 heavy (non-hydrogen) atoms. The molecule has 2 nitrogen and oxygen atoms in total. The van der Waals surface area contributed by atoms with Crippen molar-refractivity contribution < 1.29 is 9.90 Å². The Balaban J connectivity index is 3.41. The molecule has 0 heterocycles. The highest BCUT2D eigenvalue weighted by molar-refractivity contribution is 6.29. The maximum Gasteiger partial charge on any atom is 0.303 e.